The Morgan fingerprint density at radius 2 is 1.91 bits per heavy atom. The molecule has 1 aromatic heterocycles. The third-order valence-electron chi connectivity index (χ3n) is 4.30. The van der Waals surface area contributed by atoms with Gasteiger partial charge in [-0.25, -0.2) is 4.79 Å². The minimum absolute atomic E-state index is 0.326. The van der Waals surface area contributed by atoms with Crippen molar-refractivity contribution >= 4 is 22.6 Å². The highest BCUT2D eigenvalue weighted by Crippen LogP contribution is 2.33. The van der Waals surface area contributed by atoms with Gasteiger partial charge in [0.15, 0.2) is 5.69 Å². The van der Waals surface area contributed by atoms with E-state index >= 15 is 0 Å². The first kappa shape index (κ1) is 15.7. The zero-order valence-corrected chi connectivity index (χ0v) is 14.0. The smallest absolute Gasteiger partial charge is 0.361 e. The van der Waals surface area contributed by atoms with Crippen molar-refractivity contribution in [3.05, 3.63) is 30.0 Å². The van der Waals surface area contributed by atoms with Crippen LogP contribution in [0.2, 0.25) is 0 Å². The zero-order chi connectivity index (χ0) is 16.4. The molecule has 5 nitrogen and oxygen atoms in total. The predicted molar refractivity (Wildman–Crippen MR) is 90.7 cm³/mol. The molecular weight excluding hydrogens is 290 g/mol. The fourth-order valence-corrected chi connectivity index (χ4v) is 3.54. The molecule has 5 heteroatoms. The minimum atomic E-state index is -0.397. The highest BCUT2D eigenvalue weighted by Gasteiger charge is 2.28. The molecule has 0 amide bonds. The van der Waals surface area contributed by atoms with Crippen LogP contribution in [0, 0.1) is 11.8 Å². The lowest BCUT2D eigenvalue weighted by Gasteiger charge is -2.37. The van der Waals surface area contributed by atoms with E-state index in [2.05, 4.69) is 28.9 Å². The van der Waals surface area contributed by atoms with Gasteiger partial charge in [-0.2, -0.15) is 0 Å². The summed E-state index contributed by atoms with van der Waals surface area (Å²) < 4.78 is 5.19. The van der Waals surface area contributed by atoms with Crippen molar-refractivity contribution in [3.8, 4) is 0 Å². The van der Waals surface area contributed by atoms with E-state index in [4.69, 9.17) is 4.74 Å². The number of benzene rings is 1. The highest BCUT2D eigenvalue weighted by molar-refractivity contribution is 6.03. The second kappa shape index (κ2) is 6.52. The molecule has 0 bridgehead atoms. The molecule has 2 aromatic rings. The van der Waals surface area contributed by atoms with Gasteiger partial charge < -0.3 is 9.64 Å². The van der Waals surface area contributed by atoms with E-state index in [0.717, 1.165) is 29.7 Å². The average molecular weight is 313 g/mol. The molecule has 0 N–H and O–H groups in total. The Morgan fingerprint density at radius 3 is 2.61 bits per heavy atom. The maximum atomic E-state index is 12.4. The Labute approximate surface area is 136 Å². The van der Waals surface area contributed by atoms with Gasteiger partial charge in [0.25, 0.3) is 0 Å². The van der Waals surface area contributed by atoms with Gasteiger partial charge in [0.2, 0.25) is 0 Å². The van der Waals surface area contributed by atoms with E-state index in [1.165, 1.54) is 6.42 Å². The van der Waals surface area contributed by atoms with Crippen molar-refractivity contribution in [3.63, 3.8) is 0 Å². The normalized spacial score (nSPS) is 21.4. The van der Waals surface area contributed by atoms with Crippen molar-refractivity contribution < 1.29 is 9.53 Å². The summed E-state index contributed by atoms with van der Waals surface area (Å²) in [7, 11) is 0. The summed E-state index contributed by atoms with van der Waals surface area (Å²) in [6, 6.07) is 7.84. The monoisotopic (exact) mass is 313 g/mol. The summed E-state index contributed by atoms with van der Waals surface area (Å²) in [6.45, 7) is 8.49. The lowest BCUT2D eigenvalue weighted by Crippen LogP contribution is -2.40. The van der Waals surface area contributed by atoms with Crippen LogP contribution >= 0.6 is 0 Å². The molecule has 122 valence electrons. The van der Waals surface area contributed by atoms with Crippen molar-refractivity contribution in [2.45, 2.75) is 27.2 Å². The van der Waals surface area contributed by atoms with Crippen LogP contribution in [-0.2, 0) is 4.74 Å². The lowest BCUT2D eigenvalue weighted by molar-refractivity contribution is 0.0519. The van der Waals surface area contributed by atoms with E-state index in [1.54, 1.807) is 6.92 Å². The number of rotatable bonds is 3. The van der Waals surface area contributed by atoms with E-state index in [0.29, 0.717) is 24.1 Å². The third kappa shape index (κ3) is 3.14. The molecule has 0 radical (unpaired) electrons. The number of ether oxygens (including phenoxy) is 1. The van der Waals surface area contributed by atoms with Gasteiger partial charge in [-0.15, -0.1) is 10.2 Å². The standard InChI is InChI=1S/C18H23N3O2/c1-4-23-18(22)16-17(21-10-12(2)9-13(3)11-21)14-7-5-6-8-15(14)19-20-16/h5-8,12-13H,4,9-11H2,1-3H3/t12-,13-/m0/s1. The second-order valence-electron chi connectivity index (χ2n) is 6.49. The Bertz CT molecular complexity index is 706. The number of fused-ring (bicyclic) bond motifs is 1. The maximum Gasteiger partial charge on any atom is 0.361 e. The van der Waals surface area contributed by atoms with Crippen LogP contribution in [0.15, 0.2) is 24.3 Å². The van der Waals surface area contributed by atoms with Crippen LogP contribution in [0.3, 0.4) is 0 Å². The molecule has 23 heavy (non-hydrogen) atoms. The molecule has 1 fully saturated rings. The number of piperidine rings is 1. The van der Waals surface area contributed by atoms with Crippen LogP contribution in [0.1, 0.15) is 37.7 Å². The molecule has 2 heterocycles. The second-order valence-corrected chi connectivity index (χ2v) is 6.49. The Hall–Kier alpha value is -2.17. The van der Waals surface area contributed by atoms with Gasteiger partial charge in [0, 0.05) is 18.5 Å². The first-order chi connectivity index (χ1) is 11.1. The Kier molecular flexibility index (Phi) is 4.46. The first-order valence-corrected chi connectivity index (χ1v) is 8.27. The predicted octanol–water partition coefficient (Wildman–Crippen LogP) is 3.29. The first-order valence-electron chi connectivity index (χ1n) is 8.27. The minimum Gasteiger partial charge on any atom is -0.461 e. The van der Waals surface area contributed by atoms with E-state index in [1.807, 2.05) is 24.3 Å². The number of carbonyl (C=O) groups excluding carboxylic acids is 1. The van der Waals surface area contributed by atoms with E-state index in [-0.39, 0.29) is 0 Å². The van der Waals surface area contributed by atoms with E-state index < -0.39 is 5.97 Å². The summed E-state index contributed by atoms with van der Waals surface area (Å²) >= 11 is 0. The molecule has 1 saturated heterocycles. The van der Waals surface area contributed by atoms with Crippen LogP contribution in [-0.4, -0.2) is 35.9 Å². The van der Waals surface area contributed by atoms with Crippen molar-refractivity contribution in [2.24, 2.45) is 11.8 Å². The fourth-order valence-electron chi connectivity index (χ4n) is 3.54. The molecule has 2 atom stereocenters. The molecule has 1 aromatic carbocycles. The quantitative estimate of drug-likeness (QED) is 0.814. The molecular formula is C18H23N3O2. The highest BCUT2D eigenvalue weighted by atomic mass is 16.5. The molecule has 0 saturated carbocycles. The summed E-state index contributed by atoms with van der Waals surface area (Å²) in [5.41, 5.74) is 2.00. The number of carbonyl (C=O) groups is 1. The number of hydrogen-bond acceptors (Lipinski definition) is 5. The van der Waals surface area contributed by atoms with Gasteiger partial charge in [0.1, 0.15) is 0 Å². The van der Waals surface area contributed by atoms with E-state index in [9.17, 15) is 4.79 Å². The van der Waals surface area contributed by atoms with Crippen molar-refractivity contribution in [2.75, 3.05) is 24.6 Å². The number of hydrogen-bond donors (Lipinski definition) is 0. The maximum absolute atomic E-state index is 12.4. The van der Waals surface area contributed by atoms with Gasteiger partial charge in [-0.3, -0.25) is 0 Å². The fraction of sp³-hybridized carbons (Fsp3) is 0.500. The lowest BCUT2D eigenvalue weighted by atomic mass is 9.91. The topological polar surface area (TPSA) is 55.3 Å². The molecule has 0 spiro atoms. The van der Waals surface area contributed by atoms with Gasteiger partial charge in [-0.05, 0) is 31.2 Å². The molecule has 3 rings (SSSR count). The number of anilines is 1. The van der Waals surface area contributed by atoms with Crippen LogP contribution in [0.5, 0.6) is 0 Å². The summed E-state index contributed by atoms with van der Waals surface area (Å²) in [5.74, 6) is 0.771. The molecule has 0 unspecified atom stereocenters. The number of esters is 1. The largest absolute Gasteiger partial charge is 0.461 e. The van der Waals surface area contributed by atoms with Crippen molar-refractivity contribution in [1.82, 2.24) is 10.2 Å². The zero-order valence-electron chi connectivity index (χ0n) is 14.0. The van der Waals surface area contributed by atoms with Gasteiger partial charge >= 0.3 is 5.97 Å². The van der Waals surface area contributed by atoms with Gasteiger partial charge in [0.05, 0.1) is 17.8 Å². The van der Waals surface area contributed by atoms with Crippen LogP contribution < -0.4 is 4.90 Å². The summed E-state index contributed by atoms with van der Waals surface area (Å²) in [6.07, 6.45) is 1.21. The SMILES string of the molecule is CCOC(=O)c1nnc2ccccc2c1N1C[C@@H](C)C[C@H](C)C1. The molecule has 1 aliphatic rings. The number of nitrogens with zero attached hydrogens (tertiary/aromatic N) is 3. The summed E-state index contributed by atoms with van der Waals surface area (Å²) in [5, 5.41) is 9.35. The Morgan fingerprint density at radius 1 is 1.22 bits per heavy atom. The van der Waals surface area contributed by atoms with Gasteiger partial charge in [-0.1, -0.05) is 32.0 Å². The molecule has 1 aliphatic heterocycles. The number of aromatic nitrogens is 2. The van der Waals surface area contributed by atoms with Crippen LogP contribution in [0.25, 0.3) is 10.9 Å². The average Bonchev–Trinajstić information content (AvgIpc) is 2.53. The summed E-state index contributed by atoms with van der Waals surface area (Å²) in [4.78, 5) is 14.6. The molecule has 0 aliphatic carbocycles. The van der Waals surface area contributed by atoms with Crippen LogP contribution in [0.4, 0.5) is 5.69 Å². The van der Waals surface area contributed by atoms with Crippen molar-refractivity contribution in [1.29, 1.82) is 0 Å². The third-order valence-corrected chi connectivity index (χ3v) is 4.30. The Balaban J connectivity index is 2.14.